The van der Waals surface area contributed by atoms with Gasteiger partial charge in [0.2, 0.25) is 5.79 Å². The maximum absolute atomic E-state index is 13.5. The smallest absolute Gasteiger partial charge is 0.311 e. The molecule has 1 aliphatic heterocycles. The van der Waals surface area contributed by atoms with Crippen molar-refractivity contribution in [2.24, 2.45) is 5.92 Å². The lowest BCUT2D eigenvalue weighted by Gasteiger charge is -2.31. The molecule has 2 N–H and O–H groups in total. The third-order valence-electron chi connectivity index (χ3n) is 4.92. The Morgan fingerprint density at radius 2 is 1.57 bits per heavy atom. The highest BCUT2D eigenvalue weighted by Gasteiger charge is 2.37. The molecule has 3 rings (SSSR count). The molecule has 0 radical (unpaired) electrons. The lowest BCUT2D eigenvalue weighted by molar-refractivity contribution is -0.214. The van der Waals surface area contributed by atoms with E-state index in [1.54, 1.807) is 30.3 Å². The number of benzene rings is 2. The maximum atomic E-state index is 13.5. The van der Waals surface area contributed by atoms with E-state index in [0.717, 1.165) is 11.1 Å². The number of halogens is 2. The zero-order valence-electron chi connectivity index (χ0n) is 16.8. The second-order valence-corrected chi connectivity index (χ2v) is 7.71. The molecule has 158 valence electrons. The van der Waals surface area contributed by atoms with Crippen LogP contribution in [0.3, 0.4) is 0 Å². The van der Waals surface area contributed by atoms with E-state index in [1.807, 2.05) is 13.8 Å². The fraction of sp³-hybridized carbons (Fsp3) is 0.292. The number of carbonyl (C=O) groups excluding carboxylic acids is 1. The quantitative estimate of drug-likeness (QED) is 0.563. The van der Waals surface area contributed by atoms with Crippen LogP contribution >= 0.6 is 0 Å². The summed E-state index contributed by atoms with van der Waals surface area (Å²) in [7, 11) is 0. The summed E-state index contributed by atoms with van der Waals surface area (Å²) in [6, 6.07) is 11.9. The van der Waals surface area contributed by atoms with E-state index in [2.05, 4.69) is 0 Å². The van der Waals surface area contributed by atoms with Gasteiger partial charge in [0.05, 0.1) is 12.5 Å². The van der Waals surface area contributed by atoms with Crippen molar-refractivity contribution >= 4 is 11.5 Å². The average molecular weight is 414 g/mol. The molecular weight excluding hydrogens is 390 g/mol. The lowest BCUT2D eigenvalue weighted by Crippen LogP contribution is -2.42. The Morgan fingerprint density at radius 1 is 1.07 bits per heavy atom. The molecular formula is C24H24F2O4. The predicted molar refractivity (Wildman–Crippen MR) is 109 cm³/mol. The molecule has 1 fully saturated rings. The standard InChI is InChI=1S/C24H24F2O4/c1-15(2)21(11-12-24(29)14-20(27)13-22(28)30-24)23(16-3-7-18(25)8-4-16)17-5-9-19(26)10-6-17/h3-12,15,20,27,29H,13-14H2,1-2H3/t20-,24+/m0/s1. The van der Waals surface area contributed by atoms with Gasteiger partial charge in [-0.3, -0.25) is 4.79 Å². The van der Waals surface area contributed by atoms with Crippen LogP contribution in [0.25, 0.3) is 5.57 Å². The number of hydrogen-bond donors (Lipinski definition) is 2. The minimum atomic E-state index is -1.93. The van der Waals surface area contributed by atoms with E-state index < -0.39 is 17.9 Å². The minimum absolute atomic E-state index is 0.0424. The van der Waals surface area contributed by atoms with Gasteiger partial charge in [-0.15, -0.1) is 0 Å². The molecule has 4 nitrogen and oxygen atoms in total. The van der Waals surface area contributed by atoms with Gasteiger partial charge in [0.25, 0.3) is 0 Å². The van der Waals surface area contributed by atoms with Gasteiger partial charge in [0.15, 0.2) is 0 Å². The van der Waals surface area contributed by atoms with Crippen LogP contribution in [0.1, 0.15) is 37.8 Å². The number of carbonyl (C=O) groups is 1. The molecule has 1 saturated heterocycles. The average Bonchev–Trinajstić information content (AvgIpc) is 2.66. The molecule has 0 amide bonds. The number of ether oxygens (including phenoxy) is 1. The van der Waals surface area contributed by atoms with Crippen molar-refractivity contribution in [3.05, 3.63) is 89.0 Å². The van der Waals surface area contributed by atoms with Gasteiger partial charge in [0, 0.05) is 6.42 Å². The van der Waals surface area contributed by atoms with E-state index in [-0.39, 0.29) is 30.4 Å². The van der Waals surface area contributed by atoms with Crippen LogP contribution in [-0.4, -0.2) is 28.1 Å². The Morgan fingerprint density at radius 3 is 2.00 bits per heavy atom. The second-order valence-electron chi connectivity index (χ2n) is 7.71. The van der Waals surface area contributed by atoms with E-state index in [0.29, 0.717) is 11.1 Å². The highest BCUT2D eigenvalue weighted by Crippen LogP contribution is 2.33. The van der Waals surface area contributed by atoms with Crippen molar-refractivity contribution in [1.82, 2.24) is 0 Å². The topological polar surface area (TPSA) is 66.8 Å². The molecule has 2 aromatic rings. The first-order chi connectivity index (χ1) is 14.2. The van der Waals surface area contributed by atoms with Gasteiger partial charge in [-0.05, 0) is 58.5 Å². The van der Waals surface area contributed by atoms with Crippen molar-refractivity contribution in [3.8, 4) is 0 Å². The number of esters is 1. The maximum Gasteiger partial charge on any atom is 0.311 e. The van der Waals surface area contributed by atoms with Gasteiger partial charge in [-0.1, -0.05) is 44.2 Å². The largest absolute Gasteiger partial charge is 0.429 e. The molecule has 0 aliphatic carbocycles. The van der Waals surface area contributed by atoms with Crippen LogP contribution < -0.4 is 0 Å². The zero-order chi connectivity index (χ0) is 21.9. The summed E-state index contributed by atoms with van der Waals surface area (Å²) in [4.78, 5) is 11.6. The third-order valence-corrected chi connectivity index (χ3v) is 4.92. The van der Waals surface area contributed by atoms with Gasteiger partial charge in [0.1, 0.15) is 11.6 Å². The summed E-state index contributed by atoms with van der Waals surface area (Å²) in [5.41, 5.74) is 2.92. The van der Waals surface area contributed by atoms with Gasteiger partial charge in [-0.25, -0.2) is 8.78 Å². The number of rotatable bonds is 5. The number of aliphatic hydroxyl groups is 2. The molecule has 0 unspecified atom stereocenters. The summed E-state index contributed by atoms with van der Waals surface area (Å²) < 4.78 is 32.0. The SMILES string of the molecule is CC(C)C(C=C[C@]1(O)C[C@@H](O)CC(=O)O1)=C(c1ccc(F)cc1)c1ccc(F)cc1. The van der Waals surface area contributed by atoms with Crippen LogP contribution in [0, 0.1) is 17.6 Å². The van der Waals surface area contributed by atoms with Crippen LogP contribution in [0.4, 0.5) is 8.78 Å². The number of hydrogen-bond acceptors (Lipinski definition) is 4. The van der Waals surface area contributed by atoms with Crippen molar-refractivity contribution in [1.29, 1.82) is 0 Å². The lowest BCUT2D eigenvalue weighted by atomic mass is 9.87. The van der Waals surface area contributed by atoms with Crippen LogP contribution in [0.5, 0.6) is 0 Å². The van der Waals surface area contributed by atoms with Crippen LogP contribution in [0.15, 0.2) is 66.3 Å². The number of allylic oxidation sites excluding steroid dienone is 2. The van der Waals surface area contributed by atoms with Gasteiger partial charge >= 0.3 is 5.97 Å². The molecule has 2 atom stereocenters. The zero-order valence-corrected chi connectivity index (χ0v) is 16.8. The van der Waals surface area contributed by atoms with E-state index in [9.17, 15) is 23.8 Å². The van der Waals surface area contributed by atoms with Crippen molar-refractivity contribution in [2.75, 3.05) is 0 Å². The summed E-state index contributed by atoms with van der Waals surface area (Å²) in [5.74, 6) is -3.41. The van der Waals surface area contributed by atoms with Crippen molar-refractivity contribution in [3.63, 3.8) is 0 Å². The monoisotopic (exact) mass is 414 g/mol. The molecule has 6 heteroatoms. The number of aliphatic hydroxyl groups excluding tert-OH is 1. The first-order valence-electron chi connectivity index (χ1n) is 9.74. The molecule has 30 heavy (non-hydrogen) atoms. The highest BCUT2D eigenvalue weighted by molar-refractivity contribution is 5.84. The summed E-state index contributed by atoms with van der Waals surface area (Å²) in [6.45, 7) is 3.89. The van der Waals surface area contributed by atoms with Crippen molar-refractivity contribution < 1.29 is 28.5 Å². The molecule has 0 spiro atoms. The fourth-order valence-electron chi connectivity index (χ4n) is 3.50. The molecule has 2 aromatic carbocycles. The first kappa shape index (κ1) is 21.9. The van der Waals surface area contributed by atoms with E-state index in [4.69, 9.17) is 4.74 Å². The molecule has 1 heterocycles. The summed E-state index contributed by atoms with van der Waals surface area (Å²) in [5, 5.41) is 20.5. The number of cyclic esters (lactones) is 1. The first-order valence-corrected chi connectivity index (χ1v) is 9.74. The second kappa shape index (κ2) is 8.90. The fourth-order valence-corrected chi connectivity index (χ4v) is 3.50. The Labute approximate surface area is 174 Å². The Bertz CT molecular complexity index is 914. The Kier molecular flexibility index (Phi) is 6.48. The highest BCUT2D eigenvalue weighted by atomic mass is 19.1. The molecule has 0 bridgehead atoms. The molecule has 1 aliphatic rings. The van der Waals surface area contributed by atoms with Crippen LogP contribution in [-0.2, 0) is 9.53 Å². The summed E-state index contributed by atoms with van der Waals surface area (Å²) >= 11 is 0. The Balaban J connectivity index is 2.13. The Hall–Kier alpha value is -2.83. The van der Waals surface area contributed by atoms with E-state index in [1.165, 1.54) is 30.3 Å². The molecule has 0 aromatic heterocycles. The van der Waals surface area contributed by atoms with Crippen LogP contribution in [0.2, 0.25) is 0 Å². The predicted octanol–water partition coefficient (Wildman–Crippen LogP) is 4.37. The molecule has 0 saturated carbocycles. The van der Waals surface area contributed by atoms with Crippen molar-refractivity contribution in [2.45, 2.75) is 38.6 Å². The minimum Gasteiger partial charge on any atom is -0.429 e. The third kappa shape index (κ3) is 5.20. The van der Waals surface area contributed by atoms with Gasteiger partial charge in [-0.2, -0.15) is 0 Å². The van der Waals surface area contributed by atoms with E-state index >= 15 is 0 Å². The summed E-state index contributed by atoms with van der Waals surface area (Å²) in [6.07, 6.45) is 1.68. The normalized spacial score (nSPS) is 21.7. The van der Waals surface area contributed by atoms with Gasteiger partial charge < -0.3 is 14.9 Å².